The number of rotatable bonds is 7. The van der Waals surface area contributed by atoms with Crippen LogP contribution in [0.15, 0.2) is 18.2 Å². The van der Waals surface area contributed by atoms with Crippen LogP contribution in [0.5, 0.6) is 0 Å². The number of benzene rings is 1. The Balaban J connectivity index is 2.67. The van der Waals surface area contributed by atoms with Gasteiger partial charge in [0.25, 0.3) is 0 Å². The van der Waals surface area contributed by atoms with E-state index in [1.807, 2.05) is 18.2 Å². The summed E-state index contributed by atoms with van der Waals surface area (Å²) in [6.07, 6.45) is 5.60. The molecular weight excluding hydrogens is 265 g/mol. The van der Waals surface area contributed by atoms with Gasteiger partial charge < -0.3 is 5.73 Å². The Bertz CT molecular complexity index is 366. The molecular formula is C15H23Cl2N. The van der Waals surface area contributed by atoms with E-state index in [0.717, 1.165) is 18.4 Å². The Kier molecular flexibility index (Phi) is 7.06. The molecule has 0 bridgehead atoms. The molecule has 0 aliphatic rings. The minimum atomic E-state index is 0.164. The molecule has 1 nitrogen and oxygen atoms in total. The fraction of sp³-hybridized carbons (Fsp3) is 0.600. The average molecular weight is 288 g/mol. The van der Waals surface area contributed by atoms with E-state index in [1.165, 1.54) is 19.3 Å². The smallest absolute Gasteiger partial charge is 0.0624 e. The van der Waals surface area contributed by atoms with E-state index < -0.39 is 0 Å². The van der Waals surface area contributed by atoms with Crippen molar-refractivity contribution >= 4 is 23.2 Å². The lowest BCUT2D eigenvalue weighted by Crippen LogP contribution is -2.32. The highest BCUT2D eigenvalue weighted by Crippen LogP contribution is 2.28. The normalized spacial score (nSPS) is 14.5. The highest BCUT2D eigenvalue weighted by atomic mass is 35.5. The fourth-order valence-corrected chi connectivity index (χ4v) is 2.71. The van der Waals surface area contributed by atoms with Crippen LogP contribution >= 0.6 is 23.2 Å². The van der Waals surface area contributed by atoms with E-state index in [-0.39, 0.29) is 6.04 Å². The van der Waals surface area contributed by atoms with Gasteiger partial charge in [-0.05, 0) is 30.4 Å². The lowest BCUT2D eigenvalue weighted by molar-refractivity contribution is 0.369. The van der Waals surface area contributed by atoms with Crippen LogP contribution in [-0.4, -0.2) is 6.04 Å². The molecule has 0 aromatic heterocycles. The molecule has 0 saturated carbocycles. The molecule has 0 radical (unpaired) electrons. The predicted molar refractivity (Wildman–Crippen MR) is 81.4 cm³/mol. The molecule has 0 spiro atoms. The summed E-state index contributed by atoms with van der Waals surface area (Å²) >= 11 is 12.2. The van der Waals surface area contributed by atoms with Crippen LogP contribution < -0.4 is 5.73 Å². The van der Waals surface area contributed by atoms with Gasteiger partial charge in [0, 0.05) is 6.04 Å². The van der Waals surface area contributed by atoms with Gasteiger partial charge in [-0.1, -0.05) is 68.4 Å². The van der Waals surface area contributed by atoms with Crippen LogP contribution in [0.2, 0.25) is 10.0 Å². The molecule has 2 unspecified atom stereocenters. The molecule has 18 heavy (non-hydrogen) atoms. The summed E-state index contributed by atoms with van der Waals surface area (Å²) in [6.45, 7) is 4.42. The first-order valence-corrected chi connectivity index (χ1v) is 7.54. The van der Waals surface area contributed by atoms with Gasteiger partial charge in [0.15, 0.2) is 0 Å². The third-order valence-corrected chi connectivity index (χ3v) is 4.40. The van der Waals surface area contributed by atoms with Gasteiger partial charge in [-0.15, -0.1) is 0 Å². The third kappa shape index (κ3) is 4.46. The molecule has 1 aromatic carbocycles. The Morgan fingerprint density at radius 2 is 1.94 bits per heavy atom. The van der Waals surface area contributed by atoms with Crippen LogP contribution in [0.1, 0.15) is 45.1 Å². The van der Waals surface area contributed by atoms with Gasteiger partial charge >= 0.3 is 0 Å². The van der Waals surface area contributed by atoms with Crippen molar-refractivity contribution in [3.8, 4) is 0 Å². The highest BCUT2D eigenvalue weighted by molar-refractivity contribution is 6.42. The lowest BCUT2D eigenvalue weighted by atomic mass is 9.88. The maximum Gasteiger partial charge on any atom is 0.0624 e. The predicted octanol–water partition coefficient (Wildman–Crippen LogP) is 5.08. The second-order valence-electron chi connectivity index (χ2n) is 4.89. The molecule has 0 heterocycles. The molecule has 1 aromatic rings. The Labute approximate surface area is 121 Å². The summed E-state index contributed by atoms with van der Waals surface area (Å²) in [5.41, 5.74) is 7.38. The second-order valence-corrected chi connectivity index (χ2v) is 5.68. The second kappa shape index (κ2) is 8.04. The number of halogens is 2. The van der Waals surface area contributed by atoms with E-state index in [9.17, 15) is 0 Å². The molecule has 0 fully saturated rings. The topological polar surface area (TPSA) is 26.0 Å². The fourth-order valence-electron chi connectivity index (χ4n) is 2.31. The maximum absolute atomic E-state index is 6.32. The third-order valence-electron chi connectivity index (χ3n) is 3.55. The zero-order valence-corrected chi connectivity index (χ0v) is 12.8. The molecule has 0 saturated heterocycles. The number of unbranched alkanes of at least 4 members (excludes halogenated alkanes) is 1. The Morgan fingerprint density at radius 3 is 2.56 bits per heavy atom. The molecule has 1 rings (SSSR count). The van der Waals surface area contributed by atoms with Crippen molar-refractivity contribution in [2.45, 2.75) is 52.0 Å². The summed E-state index contributed by atoms with van der Waals surface area (Å²) in [5, 5.41) is 1.27. The zero-order chi connectivity index (χ0) is 13.5. The van der Waals surface area contributed by atoms with Gasteiger partial charge in [-0.3, -0.25) is 0 Å². The van der Waals surface area contributed by atoms with Crippen LogP contribution in [0.4, 0.5) is 0 Å². The van der Waals surface area contributed by atoms with Gasteiger partial charge in [-0.2, -0.15) is 0 Å². The van der Waals surface area contributed by atoms with Gasteiger partial charge in [0.05, 0.1) is 10.0 Å². The van der Waals surface area contributed by atoms with Crippen molar-refractivity contribution in [1.29, 1.82) is 0 Å². The summed E-state index contributed by atoms with van der Waals surface area (Å²) in [5.74, 6) is 0.569. The van der Waals surface area contributed by atoms with E-state index in [1.54, 1.807) is 0 Å². The van der Waals surface area contributed by atoms with E-state index in [2.05, 4.69) is 13.8 Å². The van der Waals surface area contributed by atoms with Crippen molar-refractivity contribution in [2.75, 3.05) is 0 Å². The van der Waals surface area contributed by atoms with Gasteiger partial charge in [0.2, 0.25) is 0 Å². The minimum Gasteiger partial charge on any atom is -0.327 e. The van der Waals surface area contributed by atoms with Crippen molar-refractivity contribution in [3.05, 3.63) is 33.8 Å². The number of hydrogen-bond donors (Lipinski definition) is 1. The first-order chi connectivity index (χ1) is 8.60. The van der Waals surface area contributed by atoms with Crippen molar-refractivity contribution in [2.24, 2.45) is 11.7 Å². The van der Waals surface area contributed by atoms with Crippen LogP contribution in [0.25, 0.3) is 0 Å². The summed E-state index contributed by atoms with van der Waals surface area (Å²) < 4.78 is 0. The maximum atomic E-state index is 6.32. The molecule has 3 heteroatoms. The van der Waals surface area contributed by atoms with Crippen LogP contribution in [0.3, 0.4) is 0 Å². The SMILES string of the molecule is CCCCC(CC)C(N)Cc1cccc(Cl)c1Cl. The van der Waals surface area contributed by atoms with E-state index >= 15 is 0 Å². The van der Waals surface area contributed by atoms with Crippen LogP contribution in [-0.2, 0) is 6.42 Å². The molecule has 2 N–H and O–H groups in total. The lowest BCUT2D eigenvalue weighted by Gasteiger charge is -2.23. The Morgan fingerprint density at radius 1 is 1.22 bits per heavy atom. The van der Waals surface area contributed by atoms with Gasteiger partial charge in [-0.25, -0.2) is 0 Å². The standard InChI is InChI=1S/C15H23Cl2N/c1-3-5-7-11(4-2)14(18)10-12-8-6-9-13(16)15(12)17/h6,8-9,11,14H,3-5,7,10,18H2,1-2H3. The summed E-state index contributed by atoms with van der Waals surface area (Å²) in [4.78, 5) is 0. The largest absolute Gasteiger partial charge is 0.327 e. The quantitative estimate of drug-likeness (QED) is 0.744. The molecule has 0 aliphatic heterocycles. The minimum absolute atomic E-state index is 0.164. The molecule has 2 atom stereocenters. The van der Waals surface area contributed by atoms with E-state index in [0.29, 0.717) is 16.0 Å². The summed E-state index contributed by atoms with van der Waals surface area (Å²) in [6, 6.07) is 5.93. The first-order valence-electron chi connectivity index (χ1n) is 6.78. The van der Waals surface area contributed by atoms with E-state index in [4.69, 9.17) is 28.9 Å². The first kappa shape index (κ1) is 15.8. The van der Waals surface area contributed by atoms with Crippen molar-refractivity contribution in [3.63, 3.8) is 0 Å². The Hall–Kier alpha value is -0.240. The average Bonchev–Trinajstić information content (AvgIpc) is 2.36. The van der Waals surface area contributed by atoms with Crippen molar-refractivity contribution < 1.29 is 0 Å². The number of hydrogen-bond acceptors (Lipinski definition) is 1. The number of nitrogens with two attached hydrogens (primary N) is 1. The monoisotopic (exact) mass is 287 g/mol. The zero-order valence-electron chi connectivity index (χ0n) is 11.3. The van der Waals surface area contributed by atoms with Crippen LogP contribution in [0, 0.1) is 5.92 Å². The molecule has 102 valence electrons. The van der Waals surface area contributed by atoms with Gasteiger partial charge in [0.1, 0.15) is 0 Å². The molecule has 0 amide bonds. The summed E-state index contributed by atoms with van der Waals surface area (Å²) in [7, 11) is 0. The highest BCUT2D eigenvalue weighted by Gasteiger charge is 2.17. The molecule has 0 aliphatic carbocycles. The van der Waals surface area contributed by atoms with Crippen molar-refractivity contribution in [1.82, 2.24) is 0 Å².